The molecule has 1 aromatic rings. The quantitative estimate of drug-likeness (QED) is 0.519. The Balaban J connectivity index is 2.47. The number of allylic oxidation sites excluding steroid dienone is 2. The number of nitrogens with two attached hydrogens (primary N) is 1. The molecule has 0 aromatic heterocycles. The number of alkyl halides is 3. The van der Waals surface area contributed by atoms with Gasteiger partial charge in [0, 0.05) is 4.90 Å². The minimum absolute atomic E-state index is 0.379. The Morgan fingerprint density at radius 3 is 2.41 bits per heavy atom. The first-order valence-electron chi connectivity index (χ1n) is 8.07. The van der Waals surface area contributed by atoms with Gasteiger partial charge in [0.2, 0.25) is 10.0 Å². The van der Waals surface area contributed by atoms with E-state index in [4.69, 9.17) is 5.14 Å². The smallest absolute Gasteiger partial charge is 0.270 e. The molecule has 27 heavy (non-hydrogen) atoms. The van der Waals surface area contributed by atoms with Crippen molar-refractivity contribution in [3.05, 3.63) is 54.6 Å². The van der Waals surface area contributed by atoms with Crippen molar-refractivity contribution >= 4 is 21.8 Å². The highest BCUT2D eigenvalue weighted by Gasteiger charge is 2.53. The lowest BCUT2D eigenvalue weighted by atomic mass is 10.0. The van der Waals surface area contributed by atoms with E-state index in [-0.39, 0.29) is 0 Å². The number of thioether (sulfide) groups is 1. The van der Waals surface area contributed by atoms with Gasteiger partial charge in [-0.05, 0) is 31.6 Å². The Hall–Kier alpha value is -1.33. The normalized spacial score (nSPS) is 25.3. The van der Waals surface area contributed by atoms with Crippen molar-refractivity contribution in [2.75, 3.05) is 0 Å². The Kier molecular flexibility index (Phi) is 6.48. The van der Waals surface area contributed by atoms with Crippen molar-refractivity contribution in [3.8, 4) is 0 Å². The van der Waals surface area contributed by atoms with E-state index >= 15 is 0 Å². The molecule has 0 spiro atoms. The molecule has 0 amide bonds. The van der Waals surface area contributed by atoms with Crippen molar-refractivity contribution in [1.82, 2.24) is 5.32 Å². The molecule has 1 aromatic carbocycles. The second-order valence-corrected chi connectivity index (χ2v) is 9.48. The zero-order valence-corrected chi connectivity index (χ0v) is 16.4. The summed E-state index contributed by atoms with van der Waals surface area (Å²) in [6.45, 7) is 3.46. The molecule has 0 heterocycles. The predicted molar refractivity (Wildman–Crippen MR) is 99.2 cm³/mol. The summed E-state index contributed by atoms with van der Waals surface area (Å²) < 4.78 is 67.9. The molecule has 3 N–H and O–H groups in total. The second-order valence-electron chi connectivity index (χ2n) is 6.22. The lowest BCUT2D eigenvalue weighted by Gasteiger charge is -2.44. The maximum atomic E-state index is 13.2. The summed E-state index contributed by atoms with van der Waals surface area (Å²) in [5.74, 6) is 0. The number of hydrogen-bond donors (Lipinski definition) is 2. The summed E-state index contributed by atoms with van der Waals surface area (Å²) in [5.41, 5.74) is -2.40. The van der Waals surface area contributed by atoms with Crippen molar-refractivity contribution in [1.29, 1.82) is 0 Å². The highest BCUT2D eigenvalue weighted by Crippen LogP contribution is 2.40. The third-order valence-corrected chi connectivity index (χ3v) is 6.59. The van der Waals surface area contributed by atoms with Gasteiger partial charge >= 0.3 is 6.36 Å². The average Bonchev–Trinajstić information content (AvgIpc) is 2.53. The fourth-order valence-electron chi connectivity index (χ4n) is 2.72. The third kappa shape index (κ3) is 5.82. The van der Waals surface area contributed by atoms with Crippen LogP contribution >= 0.6 is 11.8 Å². The number of halogens is 3. The Bertz CT molecular complexity index is 812. The topological polar surface area (TPSA) is 81.4 Å². The monoisotopic (exact) mass is 422 g/mol. The van der Waals surface area contributed by atoms with Gasteiger partial charge in [-0.3, -0.25) is 10.1 Å². The van der Waals surface area contributed by atoms with Gasteiger partial charge in [0.1, 0.15) is 5.25 Å². The van der Waals surface area contributed by atoms with Gasteiger partial charge in [-0.15, -0.1) is 24.9 Å². The van der Waals surface area contributed by atoms with Crippen LogP contribution in [0.1, 0.15) is 20.3 Å². The standard InChI is InChI=1S/C17H21F3N2O3S2/c1-3-15(2,26-13-9-5-4-6-10-13)22-16(25-17(18,19)20)12-8-7-11-14(16)27(21,23)24/h4-12,14,22H,3H2,1-2H3,(H2,21,23,24). The maximum absolute atomic E-state index is 13.2. The third-order valence-electron chi connectivity index (χ3n) is 4.02. The molecule has 10 heteroatoms. The molecule has 3 unspecified atom stereocenters. The maximum Gasteiger partial charge on any atom is 0.524 e. The van der Waals surface area contributed by atoms with E-state index in [1.807, 2.05) is 18.2 Å². The van der Waals surface area contributed by atoms with Crippen LogP contribution in [0, 0.1) is 0 Å². The number of benzene rings is 1. The summed E-state index contributed by atoms with van der Waals surface area (Å²) in [5, 5.41) is 6.24. The van der Waals surface area contributed by atoms with E-state index < -0.39 is 32.2 Å². The number of hydrogen-bond acceptors (Lipinski definition) is 5. The Labute approximate surface area is 160 Å². The number of ether oxygens (including phenoxy) is 1. The fourth-order valence-corrected chi connectivity index (χ4v) is 4.88. The molecule has 150 valence electrons. The molecule has 0 radical (unpaired) electrons. The van der Waals surface area contributed by atoms with E-state index in [9.17, 15) is 21.6 Å². The van der Waals surface area contributed by atoms with Crippen molar-refractivity contribution in [3.63, 3.8) is 0 Å². The van der Waals surface area contributed by atoms with E-state index in [1.165, 1.54) is 23.9 Å². The zero-order valence-electron chi connectivity index (χ0n) is 14.7. The minimum atomic E-state index is -5.09. The van der Waals surface area contributed by atoms with E-state index in [1.54, 1.807) is 26.0 Å². The van der Waals surface area contributed by atoms with Crippen LogP contribution in [0.25, 0.3) is 0 Å². The molecule has 0 fully saturated rings. The largest absolute Gasteiger partial charge is 0.524 e. The van der Waals surface area contributed by atoms with E-state index in [0.717, 1.165) is 17.0 Å². The van der Waals surface area contributed by atoms with Crippen LogP contribution < -0.4 is 10.5 Å². The van der Waals surface area contributed by atoms with Crippen LogP contribution in [-0.2, 0) is 14.8 Å². The summed E-state index contributed by atoms with van der Waals surface area (Å²) >= 11 is 1.27. The molecule has 1 aliphatic rings. The first-order valence-corrected chi connectivity index (χ1v) is 10.5. The summed E-state index contributed by atoms with van der Waals surface area (Å²) in [6.07, 6.45) is 0.0281. The molecular weight excluding hydrogens is 401 g/mol. The van der Waals surface area contributed by atoms with Crippen molar-refractivity contribution in [2.45, 2.75) is 47.4 Å². The summed E-state index contributed by atoms with van der Waals surface area (Å²) in [6, 6.07) is 9.05. The molecule has 3 atom stereocenters. The van der Waals surface area contributed by atoms with Crippen LogP contribution in [0.2, 0.25) is 0 Å². The fraction of sp³-hybridized carbons (Fsp3) is 0.412. The van der Waals surface area contributed by atoms with Gasteiger partial charge in [0.05, 0.1) is 4.87 Å². The second kappa shape index (κ2) is 7.96. The molecule has 2 rings (SSSR count). The number of primary sulfonamides is 1. The Morgan fingerprint density at radius 1 is 1.26 bits per heavy atom. The molecular formula is C17H21F3N2O3S2. The van der Waals surface area contributed by atoms with E-state index in [2.05, 4.69) is 10.1 Å². The highest BCUT2D eigenvalue weighted by molar-refractivity contribution is 8.00. The lowest BCUT2D eigenvalue weighted by molar-refractivity contribution is -0.363. The van der Waals surface area contributed by atoms with Crippen LogP contribution in [0.4, 0.5) is 13.2 Å². The molecule has 5 nitrogen and oxygen atoms in total. The number of sulfonamides is 1. The van der Waals surface area contributed by atoms with Gasteiger partial charge < -0.3 is 0 Å². The van der Waals surface area contributed by atoms with Crippen LogP contribution in [0.15, 0.2) is 59.5 Å². The van der Waals surface area contributed by atoms with Gasteiger partial charge in [-0.1, -0.05) is 43.4 Å². The van der Waals surface area contributed by atoms with Gasteiger partial charge in [-0.2, -0.15) is 0 Å². The van der Waals surface area contributed by atoms with Crippen molar-refractivity contribution in [2.24, 2.45) is 5.14 Å². The number of rotatable bonds is 7. The highest BCUT2D eigenvalue weighted by atomic mass is 32.2. The lowest BCUT2D eigenvalue weighted by Crippen LogP contribution is -2.65. The first kappa shape index (κ1) is 22.0. The summed E-state index contributed by atoms with van der Waals surface area (Å²) in [4.78, 5) is -0.176. The first-order chi connectivity index (χ1) is 12.4. The molecule has 0 aliphatic heterocycles. The summed E-state index contributed by atoms with van der Waals surface area (Å²) in [7, 11) is -4.39. The SMILES string of the molecule is CCC(C)(NC1(OC(F)(F)F)C=CC=CC1S(N)(=O)=O)Sc1ccccc1. The van der Waals surface area contributed by atoms with Crippen LogP contribution in [-0.4, -0.2) is 30.6 Å². The molecule has 1 aliphatic carbocycles. The average molecular weight is 422 g/mol. The molecule has 0 saturated carbocycles. The van der Waals surface area contributed by atoms with Gasteiger partial charge in [-0.25, -0.2) is 13.6 Å². The molecule has 0 bridgehead atoms. The van der Waals surface area contributed by atoms with Crippen molar-refractivity contribution < 1.29 is 26.3 Å². The minimum Gasteiger partial charge on any atom is -0.270 e. The van der Waals surface area contributed by atoms with Crippen LogP contribution in [0.5, 0.6) is 0 Å². The Morgan fingerprint density at radius 2 is 1.89 bits per heavy atom. The zero-order chi connectivity index (χ0) is 20.3. The molecule has 0 saturated heterocycles. The van der Waals surface area contributed by atoms with E-state index in [0.29, 0.717) is 6.42 Å². The van der Waals surface area contributed by atoms with Gasteiger partial charge in [0.25, 0.3) is 0 Å². The van der Waals surface area contributed by atoms with Crippen LogP contribution in [0.3, 0.4) is 0 Å². The predicted octanol–water partition coefficient (Wildman–Crippen LogP) is 3.51. The number of nitrogens with one attached hydrogen (secondary N) is 1. The van der Waals surface area contributed by atoms with Gasteiger partial charge in [0.15, 0.2) is 5.72 Å².